The minimum Gasteiger partial charge on any atom is -0.481 e. The van der Waals surface area contributed by atoms with Crippen LogP contribution in [0.4, 0.5) is 10.3 Å². The normalized spacial score (nSPS) is 20.3. The number of nitrogens with one attached hydrogen (secondary N) is 1. The van der Waals surface area contributed by atoms with Crippen molar-refractivity contribution in [2.24, 2.45) is 4.99 Å². The fourth-order valence-corrected chi connectivity index (χ4v) is 4.59. The Bertz CT molecular complexity index is 1350. The van der Waals surface area contributed by atoms with E-state index in [-0.39, 0.29) is 24.5 Å². The van der Waals surface area contributed by atoms with E-state index < -0.39 is 11.8 Å². The Morgan fingerprint density at radius 2 is 2.03 bits per heavy atom. The number of fused-ring (bicyclic) bond motifs is 1. The van der Waals surface area contributed by atoms with Crippen LogP contribution < -0.4 is 16.0 Å². The lowest BCUT2D eigenvalue weighted by atomic mass is 9.91. The molecule has 2 aliphatic rings. The fourth-order valence-electron chi connectivity index (χ4n) is 4.59. The van der Waals surface area contributed by atoms with Gasteiger partial charge in [-0.2, -0.15) is 0 Å². The number of halogens is 1. The maximum absolute atomic E-state index is 14.4. The summed E-state index contributed by atoms with van der Waals surface area (Å²) in [6.45, 7) is 6.22. The van der Waals surface area contributed by atoms with Crippen molar-refractivity contribution in [3.63, 3.8) is 0 Å². The topological polar surface area (TPSA) is 126 Å². The fraction of sp³-hybridized carbons (Fsp3) is 0.385. The number of aryl methyl sites for hydroxylation is 1. The van der Waals surface area contributed by atoms with Crippen LogP contribution in [0.5, 0.6) is 5.88 Å². The first-order valence-corrected chi connectivity index (χ1v) is 11.9. The van der Waals surface area contributed by atoms with Crippen LogP contribution in [0.1, 0.15) is 42.4 Å². The van der Waals surface area contributed by atoms with E-state index in [2.05, 4.69) is 20.4 Å². The number of ether oxygens (including phenoxy) is 3. The quantitative estimate of drug-likeness (QED) is 0.482. The Kier molecular flexibility index (Phi) is 6.76. The zero-order valence-electron chi connectivity index (χ0n) is 21.1. The number of aromatic nitrogens is 3. The number of nitrogen functional groups attached to an aromatic ring is 1. The number of rotatable bonds is 6. The summed E-state index contributed by atoms with van der Waals surface area (Å²) in [7, 11) is 1.54. The summed E-state index contributed by atoms with van der Waals surface area (Å²) >= 11 is 0. The Morgan fingerprint density at radius 3 is 2.78 bits per heavy atom. The molecule has 194 valence electrons. The second-order valence-electron chi connectivity index (χ2n) is 9.35. The molecule has 10 nitrogen and oxygen atoms in total. The highest BCUT2D eigenvalue weighted by atomic mass is 19.1. The molecule has 0 bridgehead atoms. The van der Waals surface area contributed by atoms with E-state index >= 15 is 0 Å². The van der Waals surface area contributed by atoms with E-state index in [0.29, 0.717) is 47.4 Å². The molecule has 2 aromatic heterocycles. The number of aliphatic imine (C=N–C) groups is 1. The SMILES string of the molecule is COc1cccc(-c2cc(F)ccc2[C@H]2Cc3nc(N)nc(C)c3C(NOC[C@H]3COC(C)(C)O3)=N2)n1. The summed E-state index contributed by atoms with van der Waals surface area (Å²) in [6, 6.07) is 9.51. The van der Waals surface area contributed by atoms with Crippen molar-refractivity contribution < 1.29 is 23.4 Å². The van der Waals surface area contributed by atoms with Gasteiger partial charge in [0.1, 0.15) is 18.5 Å². The predicted octanol–water partition coefficient (Wildman–Crippen LogP) is 3.29. The third kappa shape index (κ3) is 5.38. The number of hydroxylamine groups is 1. The van der Waals surface area contributed by atoms with Crippen LogP contribution >= 0.6 is 0 Å². The molecule has 5 rings (SSSR count). The van der Waals surface area contributed by atoms with Gasteiger partial charge in [0.05, 0.1) is 42.4 Å². The summed E-state index contributed by atoms with van der Waals surface area (Å²) in [5, 5.41) is 0. The molecular weight excluding hydrogens is 479 g/mol. The van der Waals surface area contributed by atoms with Crippen LogP contribution in [0.2, 0.25) is 0 Å². The lowest BCUT2D eigenvalue weighted by molar-refractivity contribution is -0.146. The highest BCUT2D eigenvalue weighted by molar-refractivity contribution is 6.01. The van der Waals surface area contributed by atoms with E-state index in [4.69, 9.17) is 29.8 Å². The monoisotopic (exact) mass is 508 g/mol. The molecule has 37 heavy (non-hydrogen) atoms. The van der Waals surface area contributed by atoms with Crippen molar-refractivity contribution in [2.75, 3.05) is 26.1 Å². The van der Waals surface area contributed by atoms with E-state index in [0.717, 1.165) is 11.1 Å². The predicted molar refractivity (Wildman–Crippen MR) is 134 cm³/mol. The third-order valence-corrected chi connectivity index (χ3v) is 6.18. The largest absolute Gasteiger partial charge is 0.481 e. The minimum atomic E-state index is -0.650. The molecule has 0 aliphatic carbocycles. The van der Waals surface area contributed by atoms with Gasteiger partial charge < -0.3 is 19.9 Å². The van der Waals surface area contributed by atoms with Crippen molar-refractivity contribution in [3.8, 4) is 17.1 Å². The molecule has 0 spiro atoms. The number of methoxy groups -OCH3 is 1. The number of nitrogens with two attached hydrogens (primary N) is 1. The van der Waals surface area contributed by atoms with Gasteiger partial charge in [-0.15, -0.1) is 0 Å². The molecule has 2 atom stereocenters. The summed E-state index contributed by atoms with van der Waals surface area (Å²) in [4.78, 5) is 24.0. The van der Waals surface area contributed by atoms with E-state index in [1.807, 2.05) is 26.8 Å². The summed E-state index contributed by atoms with van der Waals surface area (Å²) in [5.74, 6) is 0.0247. The molecule has 3 aromatic rings. The number of pyridine rings is 1. The zero-order chi connectivity index (χ0) is 26.2. The maximum atomic E-state index is 14.4. The Balaban J connectivity index is 1.49. The second kappa shape index (κ2) is 10.0. The van der Waals surface area contributed by atoms with Crippen molar-refractivity contribution in [2.45, 2.75) is 45.1 Å². The van der Waals surface area contributed by atoms with Gasteiger partial charge in [-0.1, -0.05) is 12.1 Å². The molecule has 11 heteroatoms. The Hall–Kier alpha value is -3.67. The van der Waals surface area contributed by atoms with Crippen molar-refractivity contribution in [1.29, 1.82) is 0 Å². The summed E-state index contributed by atoms with van der Waals surface area (Å²) in [5.41, 5.74) is 13.0. The van der Waals surface area contributed by atoms with Gasteiger partial charge in [-0.3, -0.25) is 9.83 Å². The second-order valence-corrected chi connectivity index (χ2v) is 9.35. The van der Waals surface area contributed by atoms with Gasteiger partial charge in [0.15, 0.2) is 11.6 Å². The zero-order valence-corrected chi connectivity index (χ0v) is 21.1. The third-order valence-electron chi connectivity index (χ3n) is 6.18. The van der Waals surface area contributed by atoms with Crippen LogP contribution in [-0.2, 0) is 20.7 Å². The van der Waals surface area contributed by atoms with Gasteiger partial charge in [0, 0.05) is 18.1 Å². The Morgan fingerprint density at radius 1 is 1.19 bits per heavy atom. The first kappa shape index (κ1) is 25.0. The molecule has 1 saturated heterocycles. The van der Waals surface area contributed by atoms with Gasteiger partial charge in [-0.05, 0) is 44.5 Å². The van der Waals surface area contributed by atoms with Crippen LogP contribution in [0.15, 0.2) is 41.4 Å². The molecule has 0 amide bonds. The van der Waals surface area contributed by atoms with Gasteiger partial charge in [0.25, 0.3) is 0 Å². The number of hydrogen-bond acceptors (Lipinski definition) is 10. The lowest BCUT2D eigenvalue weighted by Gasteiger charge is -2.26. The average molecular weight is 509 g/mol. The molecule has 4 heterocycles. The van der Waals surface area contributed by atoms with E-state index in [9.17, 15) is 4.39 Å². The standard InChI is InChI=1S/C26H29FN6O4/c1-14-23-21(32-25(28)29-14)11-20(31-24(23)33-36-13-16-12-35-26(2,3)37-16)17-9-8-15(27)10-18(17)19-6-5-7-22(30-19)34-4/h5-10,16,20H,11-13H2,1-4H3,(H,31,33)(H2,28,29,32)/t16-,20-/m1/s1. The number of nitrogens with zero attached hydrogens (tertiary/aromatic N) is 4. The Labute approximate surface area is 214 Å². The van der Waals surface area contributed by atoms with Crippen molar-refractivity contribution >= 4 is 11.8 Å². The highest BCUT2D eigenvalue weighted by Gasteiger charge is 2.33. The van der Waals surface area contributed by atoms with Gasteiger partial charge in [0.2, 0.25) is 11.8 Å². The molecule has 1 aromatic carbocycles. The van der Waals surface area contributed by atoms with Crippen LogP contribution in [0.25, 0.3) is 11.3 Å². The first-order valence-electron chi connectivity index (χ1n) is 11.9. The summed E-state index contributed by atoms with van der Waals surface area (Å²) < 4.78 is 31.1. The smallest absolute Gasteiger partial charge is 0.220 e. The van der Waals surface area contributed by atoms with Crippen molar-refractivity contribution in [3.05, 3.63) is 64.7 Å². The number of hydrogen-bond donors (Lipinski definition) is 2. The molecule has 3 N–H and O–H groups in total. The number of anilines is 1. The molecule has 0 unspecified atom stereocenters. The molecular formula is C26H29FN6O4. The highest BCUT2D eigenvalue weighted by Crippen LogP contribution is 2.36. The van der Waals surface area contributed by atoms with Crippen LogP contribution in [0, 0.1) is 12.7 Å². The molecule has 1 fully saturated rings. The van der Waals surface area contributed by atoms with E-state index in [1.165, 1.54) is 19.2 Å². The first-order chi connectivity index (χ1) is 17.7. The minimum absolute atomic E-state index is 0.171. The van der Waals surface area contributed by atoms with Crippen LogP contribution in [-0.4, -0.2) is 53.0 Å². The number of benzene rings is 1. The number of amidine groups is 1. The average Bonchev–Trinajstić information content (AvgIpc) is 3.21. The molecule has 2 aliphatic heterocycles. The van der Waals surface area contributed by atoms with Crippen LogP contribution in [0.3, 0.4) is 0 Å². The molecule has 0 saturated carbocycles. The van der Waals surface area contributed by atoms with Crippen molar-refractivity contribution in [1.82, 2.24) is 20.4 Å². The maximum Gasteiger partial charge on any atom is 0.220 e. The van der Waals surface area contributed by atoms with Gasteiger partial charge >= 0.3 is 0 Å². The van der Waals surface area contributed by atoms with Gasteiger partial charge in [-0.25, -0.2) is 24.8 Å². The summed E-state index contributed by atoms with van der Waals surface area (Å²) in [6.07, 6.45) is 0.207. The lowest BCUT2D eigenvalue weighted by Crippen LogP contribution is -2.35. The molecule has 0 radical (unpaired) electrons. The van der Waals surface area contributed by atoms with E-state index in [1.54, 1.807) is 18.2 Å².